The maximum atomic E-state index is 12.7. The number of piperazine rings is 1. The molecule has 0 bridgehead atoms. The predicted molar refractivity (Wildman–Crippen MR) is 112 cm³/mol. The van der Waals surface area contributed by atoms with Crippen molar-refractivity contribution in [3.8, 4) is 0 Å². The van der Waals surface area contributed by atoms with Gasteiger partial charge in [0.25, 0.3) is 5.91 Å². The van der Waals surface area contributed by atoms with Crippen molar-refractivity contribution in [1.29, 1.82) is 0 Å². The number of benzene rings is 2. The fourth-order valence-corrected chi connectivity index (χ4v) is 3.32. The van der Waals surface area contributed by atoms with Crippen LogP contribution in [0.15, 0.2) is 48.5 Å². The number of carbonyl (C=O) groups excluding carboxylic acids is 1. The Morgan fingerprint density at radius 2 is 1.68 bits per heavy atom. The zero-order chi connectivity index (χ0) is 19.9. The van der Waals surface area contributed by atoms with E-state index in [0.29, 0.717) is 19.6 Å². The molecule has 6 heteroatoms. The lowest BCUT2D eigenvalue weighted by atomic mass is 10.1. The summed E-state index contributed by atoms with van der Waals surface area (Å²) in [5, 5.41) is 21.4. The second kappa shape index (κ2) is 9.57. The highest BCUT2D eigenvalue weighted by molar-refractivity contribution is 5.94. The molecule has 1 amide bonds. The summed E-state index contributed by atoms with van der Waals surface area (Å²) in [4.78, 5) is 16.9. The van der Waals surface area contributed by atoms with Gasteiger partial charge in [0.2, 0.25) is 0 Å². The van der Waals surface area contributed by atoms with Gasteiger partial charge >= 0.3 is 0 Å². The number of hydrogen-bond acceptors (Lipinski definition) is 5. The summed E-state index contributed by atoms with van der Waals surface area (Å²) in [5.41, 5.74) is 4.02. The molecular formula is C22H29N3O3. The van der Waals surface area contributed by atoms with Gasteiger partial charge in [-0.15, -0.1) is 0 Å². The Morgan fingerprint density at radius 1 is 1.04 bits per heavy atom. The van der Waals surface area contributed by atoms with E-state index >= 15 is 0 Å². The normalized spacial score (nSPS) is 15.4. The maximum absolute atomic E-state index is 12.7. The number of aryl methyl sites for hydroxylation is 1. The van der Waals surface area contributed by atoms with Crippen LogP contribution in [0.5, 0.6) is 0 Å². The summed E-state index contributed by atoms with van der Waals surface area (Å²) < 4.78 is 0. The van der Waals surface area contributed by atoms with Crippen LogP contribution in [0.25, 0.3) is 0 Å². The van der Waals surface area contributed by atoms with Crippen LogP contribution in [-0.2, 0) is 6.42 Å². The van der Waals surface area contributed by atoms with E-state index in [1.807, 2.05) is 53.4 Å². The Labute approximate surface area is 166 Å². The van der Waals surface area contributed by atoms with Crippen molar-refractivity contribution >= 4 is 17.3 Å². The summed E-state index contributed by atoms with van der Waals surface area (Å²) in [7, 11) is 0. The van der Waals surface area contributed by atoms with Crippen molar-refractivity contribution < 1.29 is 15.0 Å². The third-order valence-corrected chi connectivity index (χ3v) is 5.16. The van der Waals surface area contributed by atoms with E-state index in [2.05, 4.69) is 17.1 Å². The van der Waals surface area contributed by atoms with Gasteiger partial charge in [-0.2, -0.15) is 0 Å². The zero-order valence-electron chi connectivity index (χ0n) is 16.3. The van der Waals surface area contributed by atoms with E-state index in [9.17, 15) is 9.90 Å². The van der Waals surface area contributed by atoms with Gasteiger partial charge < -0.3 is 25.3 Å². The molecule has 0 saturated carbocycles. The molecule has 150 valence electrons. The Balaban J connectivity index is 1.52. The summed E-state index contributed by atoms with van der Waals surface area (Å²) >= 11 is 0. The number of aliphatic hydroxyl groups excluding tert-OH is 2. The van der Waals surface area contributed by atoms with Gasteiger partial charge in [-0.1, -0.05) is 19.1 Å². The van der Waals surface area contributed by atoms with Crippen molar-refractivity contribution in [2.24, 2.45) is 0 Å². The van der Waals surface area contributed by atoms with Gasteiger partial charge in [-0.3, -0.25) is 4.79 Å². The molecular weight excluding hydrogens is 354 g/mol. The van der Waals surface area contributed by atoms with Gasteiger partial charge in [0.05, 0.1) is 12.7 Å². The molecule has 0 aromatic heterocycles. The van der Waals surface area contributed by atoms with E-state index in [4.69, 9.17) is 5.11 Å². The molecule has 3 rings (SSSR count). The third-order valence-electron chi connectivity index (χ3n) is 5.16. The van der Waals surface area contributed by atoms with Gasteiger partial charge in [-0.25, -0.2) is 0 Å². The number of nitrogens with one attached hydrogen (secondary N) is 1. The summed E-state index contributed by atoms with van der Waals surface area (Å²) in [6, 6.07) is 15.9. The lowest BCUT2D eigenvalue weighted by molar-refractivity contribution is 0.0747. The van der Waals surface area contributed by atoms with Gasteiger partial charge in [-0.05, 0) is 48.4 Å². The molecule has 2 aromatic carbocycles. The summed E-state index contributed by atoms with van der Waals surface area (Å²) in [6.45, 7) is 5.18. The average Bonchev–Trinajstić information content (AvgIpc) is 2.77. The Kier molecular flexibility index (Phi) is 6.90. The Hall–Kier alpha value is -2.57. The van der Waals surface area contributed by atoms with Gasteiger partial charge in [0.1, 0.15) is 0 Å². The highest BCUT2D eigenvalue weighted by Gasteiger charge is 2.22. The molecule has 1 unspecified atom stereocenters. The molecule has 6 nitrogen and oxygen atoms in total. The lowest BCUT2D eigenvalue weighted by Crippen LogP contribution is -2.48. The van der Waals surface area contributed by atoms with Crippen LogP contribution in [0.4, 0.5) is 11.4 Å². The monoisotopic (exact) mass is 383 g/mol. The molecule has 1 saturated heterocycles. The number of nitrogens with zero attached hydrogens (tertiary/aromatic N) is 2. The molecule has 1 atom stereocenters. The van der Waals surface area contributed by atoms with Crippen molar-refractivity contribution in [2.75, 3.05) is 49.5 Å². The van der Waals surface area contributed by atoms with Crippen molar-refractivity contribution in [1.82, 2.24) is 4.90 Å². The van der Waals surface area contributed by atoms with E-state index in [-0.39, 0.29) is 12.5 Å². The van der Waals surface area contributed by atoms with Gasteiger partial charge in [0.15, 0.2) is 0 Å². The van der Waals surface area contributed by atoms with E-state index in [1.165, 1.54) is 5.56 Å². The first kappa shape index (κ1) is 20.2. The number of anilines is 2. The van der Waals surface area contributed by atoms with Crippen molar-refractivity contribution in [3.05, 3.63) is 59.7 Å². The van der Waals surface area contributed by atoms with Crippen LogP contribution < -0.4 is 10.2 Å². The average molecular weight is 383 g/mol. The van der Waals surface area contributed by atoms with Crippen LogP contribution in [-0.4, -0.2) is 66.5 Å². The smallest absolute Gasteiger partial charge is 0.253 e. The van der Waals surface area contributed by atoms with E-state index in [1.54, 1.807) is 0 Å². The van der Waals surface area contributed by atoms with Crippen molar-refractivity contribution in [2.45, 2.75) is 19.4 Å². The molecule has 1 aliphatic rings. The van der Waals surface area contributed by atoms with E-state index in [0.717, 1.165) is 36.4 Å². The quantitative estimate of drug-likeness (QED) is 0.682. The van der Waals surface area contributed by atoms with Crippen LogP contribution >= 0.6 is 0 Å². The Morgan fingerprint density at radius 3 is 2.25 bits per heavy atom. The number of aliphatic hydroxyl groups is 2. The minimum absolute atomic E-state index is 0.101. The first-order valence-corrected chi connectivity index (χ1v) is 9.86. The van der Waals surface area contributed by atoms with Crippen molar-refractivity contribution in [3.63, 3.8) is 0 Å². The zero-order valence-corrected chi connectivity index (χ0v) is 16.3. The third kappa shape index (κ3) is 5.03. The van der Waals surface area contributed by atoms with Crippen LogP contribution in [0, 0.1) is 0 Å². The first-order valence-electron chi connectivity index (χ1n) is 9.86. The van der Waals surface area contributed by atoms with Crippen LogP contribution in [0.3, 0.4) is 0 Å². The fourth-order valence-electron chi connectivity index (χ4n) is 3.32. The molecule has 2 aromatic rings. The topological polar surface area (TPSA) is 76.0 Å². The summed E-state index contributed by atoms with van der Waals surface area (Å²) in [6.07, 6.45) is 0.215. The molecule has 3 N–H and O–H groups in total. The molecule has 1 aliphatic heterocycles. The first-order chi connectivity index (χ1) is 13.6. The molecule has 0 spiro atoms. The standard InChI is InChI=1S/C22H29N3O3/c1-2-17-3-5-18(6-4-17)22(28)25-13-11-24(12-14-25)20-9-7-19(8-10-20)23-15-21(27)16-26/h3-10,21,23,26-27H,2,11-16H2,1H3. The fraction of sp³-hybridized carbons (Fsp3) is 0.409. The maximum Gasteiger partial charge on any atom is 0.253 e. The minimum Gasteiger partial charge on any atom is -0.394 e. The number of carbonyl (C=O) groups is 1. The second-order valence-electron chi connectivity index (χ2n) is 7.09. The highest BCUT2D eigenvalue weighted by Crippen LogP contribution is 2.20. The second-order valence-corrected chi connectivity index (χ2v) is 7.09. The number of amides is 1. The summed E-state index contributed by atoms with van der Waals surface area (Å²) in [5.74, 6) is 0.101. The number of rotatable bonds is 7. The van der Waals surface area contributed by atoms with Crippen LogP contribution in [0.2, 0.25) is 0 Å². The molecule has 0 aliphatic carbocycles. The van der Waals surface area contributed by atoms with Gasteiger partial charge in [0, 0.05) is 49.7 Å². The largest absolute Gasteiger partial charge is 0.394 e. The number of hydrogen-bond donors (Lipinski definition) is 3. The minimum atomic E-state index is -0.761. The van der Waals surface area contributed by atoms with Crippen LogP contribution in [0.1, 0.15) is 22.8 Å². The predicted octanol–water partition coefficient (Wildman–Crippen LogP) is 1.98. The molecule has 0 radical (unpaired) electrons. The molecule has 28 heavy (non-hydrogen) atoms. The molecule has 1 heterocycles. The van der Waals surface area contributed by atoms with E-state index < -0.39 is 6.10 Å². The molecule has 1 fully saturated rings. The highest BCUT2D eigenvalue weighted by atomic mass is 16.3. The lowest BCUT2D eigenvalue weighted by Gasteiger charge is -2.36. The SMILES string of the molecule is CCc1ccc(C(=O)N2CCN(c3ccc(NCC(O)CO)cc3)CC2)cc1. The Bertz CT molecular complexity index is 754.